The number of unbranched alkanes of at least 4 members (excludes halogenated alkanes) is 4. The van der Waals surface area contributed by atoms with Crippen LogP contribution in [0.2, 0.25) is 0 Å². The highest BCUT2D eigenvalue weighted by molar-refractivity contribution is 5.86. The van der Waals surface area contributed by atoms with Gasteiger partial charge in [0.05, 0.1) is 6.61 Å². The van der Waals surface area contributed by atoms with E-state index >= 15 is 4.39 Å². The molecule has 1 N–H and O–H groups in total. The van der Waals surface area contributed by atoms with Gasteiger partial charge < -0.3 is 14.6 Å². The number of carbonyl (C=O) groups is 1. The van der Waals surface area contributed by atoms with Gasteiger partial charge in [-0.25, -0.2) is 9.18 Å². The van der Waals surface area contributed by atoms with E-state index in [1.165, 1.54) is 37.7 Å². The third-order valence-corrected chi connectivity index (χ3v) is 6.30. The van der Waals surface area contributed by atoms with E-state index in [2.05, 4.69) is 37.8 Å². The molecule has 0 bridgehead atoms. The predicted octanol–water partition coefficient (Wildman–Crippen LogP) is 7.66. The van der Waals surface area contributed by atoms with Crippen LogP contribution < -0.4 is 4.74 Å². The molecule has 0 radical (unpaired) electrons. The molecule has 5 heteroatoms. The van der Waals surface area contributed by atoms with Crippen LogP contribution in [0.3, 0.4) is 0 Å². The second-order valence-electron chi connectivity index (χ2n) is 9.30. The molecule has 0 fully saturated rings. The molecule has 0 heterocycles. The Hall–Kier alpha value is -3.44. The van der Waals surface area contributed by atoms with E-state index in [1.54, 1.807) is 37.3 Å². The first kappa shape index (κ1) is 28.1. The fourth-order valence-corrected chi connectivity index (χ4v) is 4.12. The monoisotopic (exact) mass is 504 g/mol. The normalized spacial score (nSPS) is 10.8. The molecule has 0 unspecified atom stereocenters. The molecule has 37 heavy (non-hydrogen) atoms. The summed E-state index contributed by atoms with van der Waals surface area (Å²) in [5.41, 5.74) is 5.05. The first-order chi connectivity index (χ1) is 17.9. The predicted molar refractivity (Wildman–Crippen MR) is 147 cm³/mol. The Morgan fingerprint density at radius 1 is 0.892 bits per heavy atom. The van der Waals surface area contributed by atoms with Gasteiger partial charge in [0.2, 0.25) is 0 Å². The molecular weight excluding hydrogens is 467 g/mol. The number of hydrogen-bond acceptors (Lipinski definition) is 4. The molecule has 0 saturated heterocycles. The summed E-state index contributed by atoms with van der Waals surface area (Å²) in [7, 11) is 0. The van der Waals surface area contributed by atoms with E-state index < -0.39 is 5.97 Å². The Labute approximate surface area is 219 Å². The van der Waals surface area contributed by atoms with E-state index in [9.17, 15) is 9.90 Å². The molecule has 0 atom stereocenters. The van der Waals surface area contributed by atoms with Crippen molar-refractivity contribution in [2.45, 2.75) is 59.0 Å². The summed E-state index contributed by atoms with van der Waals surface area (Å²) in [4.78, 5) is 11.5. The molecule has 4 nitrogen and oxygen atoms in total. The molecule has 3 rings (SSSR count). The molecule has 3 aromatic rings. The van der Waals surface area contributed by atoms with E-state index in [1.807, 2.05) is 6.07 Å². The number of aryl methyl sites for hydroxylation is 1. The largest absolute Gasteiger partial charge is 0.490 e. The van der Waals surface area contributed by atoms with Crippen LogP contribution >= 0.6 is 0 Å². The van der Waals surface area contributed by atoms with Gasteiger partial charge >= 0.3 is 5.97 Å². The second-order valence-corrected chi connectivity index (χ2v) is 9.30. The van der Waals surface area contributed by atoms with Gasteiger partial charge in [0.15, 0.2) is 0 Å². The number of benzene rings is 3. The quantitative estimate of drug-likeness (QED) is 0.139. The van der Waals surface area contributed by atoms with Crippen molar-refractivity contribution in [1.29, 1.82) is 0 Å². The van der Waals surface area contributed by atoms with Crippen LogP contribution in [0, 0.1) is 5.82 Å². The molecule has 0 aromatic heterocycles. The number of aliphatic hydroxyl groups excluding tert-OH is 1. The summed E-state index contributed by atoms with van der Waals surface area (Å²) in [5, 5.41) is 9.66. The Morgan fingerprint density at radius 2 is 1.59 bits per heavy atom. The van der Waals surface area contributed by atoms with Gasteiger partial charge in [0.25, 0.3) is 0 Å². The van der Waals surface area contributed by atoms with Crippen molar-refractivity contribution >= 4 is 5.97 Å². The number of rotatable bonds is 14. The second kappa shape index (κ2) is 14.3. The lowest BCUT2D eigenvalue weighted by atomic mass is 9.97. The molecule has 0 amide bonds. The number of carbonyl (C=O) groups excluding carboxylic acids is 1. The van der Waals surface area contributed by atoms with Crippen LogP contribution in [0.4, 0.5) is 4.39 Å². The molecular formula is C32H37FO4. The van der Waals surface area contributed by atoms with Crippen molar-refractivity contribution in [1.82, 2.24) is 0 Å². The standard InChI is InChI=1S/C32H37FO4/c1-4-5-6-7-8-9-24-10-12-25(13-11-24)26-16-17-29(30(33)20-26)27-14-15-28(22-34)31(21-27)36-18-19-37-32(35)23(2)3/h10-17,20-21,34H,2,4-9,18-19,22H2,1,3H3. The van der Waals surface area contributed by atoms with Crippen molar-refractivity contribution in [3.05, 3.63) is 89.8 Å². The molecule has 0 aliphatic heterocycles. The van der Waals surface area contributed by atoms with Crippen molar-refractivity contribution < 1.29 is 23.8 Å². The SMILES string of the molecule is C=C(C)C(=O)OCCOc1cc(-c2ccc(-c3ccc(CCCCCCC)cc3)cc2F)ccc1CO. The molecule has 0 aliphatic rings. The Morgan fingerprint density at radius 3 is 2.27 bits per heavy atom. The first-order valence-corrected chi connectivity index (χ1v) is 13.0. The van der Waals surface area contributed by atoms with Crippen molar-refractivity contribution in [2.24, 2.45) is 0 Å². The average molecular weight is 505 g/mol. The summed E-state index contributed by atoms with van der Waals surface area (Å²) in [5.74, 6) is -0.408. The molecule has 3 aromatic carbocycles. The average Bonchev–Trinajstić information content (AvgIpc) is 2.91. The lowest BCUT2D eigenvalue weighted by Gasteiger charge is -2.13. The van der Waals surface area contributed by atoms with Gasteiger partial charge in [-0.15, -0.1) is 0 Å². The minimum atomic E-state index is -0.487. The maximum atomic E-state index is 15.2. The van der Waals surface area contributed by atoms with E-state index in [-0.39, 0.29) is 25.6 Å². The molecule has 0 saturated carbocycles. The van der Waals surface area contributed by atoms with E-state index in [4.69, 9.17) is 9.47 Å². The van der Waals surface area contributed by atoms with E-state index in [0.29, 0.717) is 28.0 Å². The Bertz CT molecular complexity index is 1180. The zero-order chi connectivity index (χ0) is 26.6. The summed E-state index contributed by atoms with van der Waals surface area (Å²) < 4.78 is 26.0. The molecule has 0 spiro atoms. The molecule has 0 aliphatic carbocycles. The lowest BCUT2D eigenvalue weighted by Crippen LogP contribution is -2.13. The van der Waals surface area contributed by atoms with Crippen LogP contribution in [-0.2, 0) is 22.6 Å². The van der Waals surface area contributed by atoms with Gasteiger partial charge in [-0.3, -0.25) is 0 Å². The Balaban J connectivity index is 1.67. The zero-order valence-electron chi connectivity index (χ0n) is 21.9. The van der Waals surface area contributed by atoms with Crippen LogP contribution in [0.1, 0.15) is 57.1 Å². The van der Waals surface area contributed by atoms with Crippen molar-refractivity contribution in [3.63, 3.8) is 0 Å². The minimum Gasteiger partial charge on any atom is -0.490 e. The number of aliphatic hydroxyl groups is 1. The minimum absolute atomic E-state index is 0.0431. The number of ether oxygens (including phenoxy) is 2. The van der Waals surface area contributed by atoms with Crippen molar-refractivity contribution in [2.75, 3.05) is 13.2 Å². The maximum absolute atomic E-state index is 15.2. The van der Waals surface area contributed by atoms with Gasteiger partial charge in [-0.1, -0.05) is 87.7 Å². The highest BCUT2D eigenvalue weighted by Gasteiger charge is 2.12. The summed E-state index contributed by atoms with van der Waals surface area (Å²) >= 11 is 0. The smallest absolute Gasteiger partial charge is 0.333 e. The fraction of sp³-hybridized carbons (Fsp3) is 0.344. The summed E-state index contributed by atoms with van der Waals surface area (Å²) in [6.45, 7) is 7.25. The maximum Gasteiger partial charge on any atom is 0.333 e. The fourth-order valence-electron chi connectivity index (χ4n) is 4.12. The highest BCUT2D eigenvalue weighted by Crippen LogP contribution is 2.32. The van der Waals surface area contributed by atoms with E-state index in [0.717, 1.165) is 17.5 Å². The van der Waals surface area contributed by atoms with Crippen molar-refractivity contribution in [3.8, 4) is 28.0 Å². The topological polar surface area (TPSA) is 55.8 Å². The summed E-state index contributed by atoms with van der Waals surface area (Å²) in [6, 6.07) is 18.8. The van der Waals surface area contributed by atoms with Gasteiger partial charge in [0, 0.05) is 16.7 Å². The number of hydrogen-bond donors (Lipinski definition) is 1. The van der Waals surface area contributed by atoms with Crippen LogP contribution in [0.5, 0.6) is 5.75 Å². The van der Waals surface area contributed by atoms with Crippen LogP contribution in [0.25, 0.3) is 22.3 Å². The van der Waals surface area contributed by atoms with Crippen LogP contribution in [0.15, 0.2) is 72.8 Å². The third kappa shape index (κ3) is 8.29. The van der Waals surface area contributed by atoms with Crippen LogP contribution in [-0.4, -0.2) is 24.3 Å². The third-order valence-electron chi connectivity index (χ3n) is 6.30. The number of halogens is 1. The van der Waals surface area contributed by atoms with Gasteiger partial charge in [-0.2, -0.15) is 0 Å². The highest BCUT2D eigenvalue weighted by atomic mass is 19.1. The lowest BCUT2D eigenvalue weighted by molar-refractivity contribution is -0.139. The Kier molecular flexibility index (Phi) is 10.9. The summed E-state index contributed by atoms with van der Waals surface area (Å²) in [6.07, 6.45) is 7.37. The first-order valence-electron chi connectivity index (χ1n) is 13.0. The molecule has 196 valence electrons. The van der Waals surface area contributed by atoms with Gasteiger partial charge in [-0.05, 0) is 54.2 Å². The zero-order valence-corrected chi connectivity index (χ0v) is 21.9. The number of esters is 1. The van der Waals surface area contributed by atoms with Gasteiger partial charge in [0.1, 0.15) is 24.8 Å².